The first kappa shape index (κ1) is 18.4. The molecule has 0 aromatic carbocycles. The third-order valence-corrected chi connectivity index (χ3v) is 2.44. The maximum atomic E-state index is 12.0. The van der Waals surface area contributed by atoms with E-state index >= 15 is 0 Å². The summed E-state index contributed by atoms with van der Waals surface area (Å²) in [4.78, 5) is 34.3. The van der Waals surface area contributed by atoms with Gasteiger partial charge in [-0.1, -0.05) is 20.8 Å². The van der Waals surface area contributed by atoms with Gasteiger partial charge in [-0.25, -0.2) is 0 Å². The van der Waals surface area contributed by atoms with Crippen molar-refractivity contribution < 1.29 is 23.9 Å². The van der Waals surface area contributed by atoms with Gasteiger partial charge in [0.05, 0.1) is 13.2 Å². The largest absolute Gasteiger partial charge is 0.465 e. The highest BCUT2D eigenvalue weighted by Crippen LogP contribution is 2.27. The van der Waals surface area contributed by atoms with E-state index in [2.05, 4.69) is 5.32 Å². The number of primary amides is 1. The van der Waals surface area contributed by atoms with E-state index in [1.54, 1.807) is 27.7 Å². The third-order valence-electron chi connectivity index (χ3n) is 2.44. The van der Waals surface area contributed by atoms with E-state index in [-0.39, 0.29) is 26.4 Å². The lowest BCUT2D eigenvalue weighted by molar-refractivity contribution is -0.156. The molecule has 0 aliphatic heterocycles. The number of hydrogen-bond acceptors (Lipinski definition) is 5. The predicted octanol–water partition coefficient (Wildman–Crippen LogP) is -0.170. The summed E-state index contributed by atoms with van der Waals surface area (Å²) < 4.78 is 9.83. The number of hydrogen-bond donors (Lipinski definition) is 2. The van der Waals surface area contributed by atoms with Crippen LogP contribution in [0.15, 0.2) is 0 Å². The van der Waals surface area contributed by atoms with Gasteiger partial charge >= 0.3 is 5.97 Å². The van der Waals surface area contributed by atoms with Crippen LogP contribution in [-0.4, -0.2) is 44.1 Å². The van der Waals surface area contributed by atoms with Gasteiger partial charge in [0, 0.05) is 6.54 Å². The van der Waals surface area contributed by atoms with Crippen LogP contribution in [0.2, 0.25) is 0 Å². The molecule has 2 amide bonds. The first-order valence-corrected chi connectivity index (χ1v) is 6.50. The van der Waals surface area contributed by atoms with Crippen LogP contribution in [-0.2, 0) is 23.9 Å². The van der Waals surface area contributed by atoms with Crippen LogP contribution in [0.1, 0.15) is 27.7 Å². The zero-order chi connectivity index (χ0) is 15.8. The van der Waals surface area contributed by atoms with Crippen molar-refractivity contribution in [1.29, 1.82) is 0 Å². The fraction of sp³-hybridized carbons (Fsp3) is 0.769. The molecule has 0 aliphatic rings. The molecule has 0 aromatic heterocycles. The Labute approximate surface area is 119 Å². The number of amides is 2. The van der Waals surface area contributed by atoms with E-state index < -0.39 is 29.1 Å². The first-order chi connectivity index (χ1) is 9.20. The van der Waals surface area contributed by atoms with E-state index in [1.807, 2.05) is 0 Å². The molecule has 0 fully saturated rings. The van der Waals surface area contributed by atoms with Crippen molar-refractivity contribution in [3.8, 4) is 0 Å². The number of carbonyl (C=O) groups is 3. The highest BCUT2D eigenvalue weighted by Gasteiger charge is 2.38. The van der Waals surface area contributed by atoms with Crippen LogP contribution in [0.25, 0.3) is 0 Å². The first-order valence-electron chi connectivity index (χ1n) is 6.50. The number of rotatable bonds is 8. The molecule has 0 heterocycles. The smallest absolute Gasteiger partial charge is 0.319 e. The molecule has 0 bridgehead atoms. The molecule has 1 unspecified atom stereocenters. The number of esters is 1. The van der Waals surface area contributed by atoms with Crippen molar-refractivity contribution >= 4 is 17.8 Å². The lowest BCUT2D eigenvalue weighted by Crippen LogP contribution is -2.44. The van der Waals surface area contributed by atoms with E-state index in [1.165, 1.54) is 0 Å². The van der Waals surface area contributed by atoms with Crippen molar-refractivity contribution in [3.63, 3.8) is 0 Å². The van der Waals surface area contributed by atoms with Crippen LogP contribution < -0.4 is 11.1 Å². The van der Waals surface area contributed by atoms with Crippen molar-refractivity contribution in [2.75, 3.05) is 26.4 Å². The fourth-order valence-electron chi connectivity index (χ4n) is 1.60. The molecule has 0 radical (unpaired) electrons. The van der Waals surface area contributed by atoms with Gasteiger partial charge in [0.15, 0.2) is 0 Å². The standard InChI is InChI=1S/C13H24N2O5/c1-5-20-12(18)10(13(2,3)4)11(17)15-6-7-19-8-9(14)16/h10H,5-8H2,1-4H3,(H2,14,16)(H,15,17). The lowest BCUT2D eigenvalue weighted by atomic mass is 9.80. The topological polar surface area (TPSA) is 108 Å². The summed E-state index contributed by atoms with van der Waals surface area (Å²) in [6.07, 6.45) is 0. The Morgan fingerprint density at radius 3 is 2.30 bits per heavy atom. The third kappa shape index (κ3) is 7.08. The average molecular weight is 288 g/mol. The molecular formula is C13H24N2O5. The summed E-state index contributed by atoms with van der Waals surface area (Å²) in [5.74, 6) is -2.43. The number of nitrogens with one attached hydrogen (secondary N) is 1. The molecule has 0 saturated carbocycles. The summed E-state index contributed by atoms with van der Waals surface area (Å²) in [5, 5.41) is 2.59. The summed E-state index contributed by atoms with van der Waals surface area (Å²) in [5.41, 5.74) is 4.35. The van der Waals surface area contributed by atoms with Crippen molar-refractivity contribution in [3.05, 3.63) is 0 Å². The Kier molecular flexibility index (Phi) is 7.83. The van der Waals surface area contributed by atoms with E-state index in [0.717, 1.165) is 0 Å². The Morgan fingerprint density at radius 1 is 1.25 bits per heavy atom. The normalized spacial score (nSPS) is 12.6. The minimum absolute atomic E-state index is 0.147. The van der Waals surface area contributed by atoms with E-state index in [4.69, 9.17) is 15.2 Å². The average Bonchev–Trinajstić information content (AvgIpc) is 2.26. The fourth-order valence-corrected chi connectivity index (χ4v) is 1.60. The molecule has 0 rings (SSSR count). The summed E-state index contributed by atoms with van der Waals surface area (Å²) >= 11 is 0. The minimum Gasteiger partial charge on any atom is -0.465 e. The van der Waals surface area contributed by atoms with Crippen LogP contribution in [0.4, 0.5) is 0 Å². The Hall–Kier alpha value is -1.63. The highest BCUT2D eigenvalue weighted by molar-refractivity contribution is 5.98. The van der Waals surface area contributed by atoms with Gasteiger partial charge in [-0.3, -0.25) is 14.4 Å². The monoisotopic (exact) mass is 288 g/mol. The van der Waals surface area contributed by atoms with Crippen molar-refractivity contribution in [2.24, 2.45) is 17.1 Å². The molecule has 3 N–H and O–H groups in total. The van der Waals surface area contributed by atoms with Crippen molar-refractivity contribution in [1.82, 2.24) is 5.32 Å². The van der Waals surface area contributed by atoms with Crippen LogP contribution >= 0.6 is 0 Å². The zero-order valence-electron chi connectivity index (χ0n) is 12.5. The van der Waals surface area contributed by atoms with Gasteiger partial charge in [0.2, 0.25) is 11.8 Å². The number of ether oxygens (including phenoxy) is 2. The SMILES string of the molecule is CCOC(=O)C(C(=O)NCCOCC(N)=O)C(C)(C)C. The number of carbonyl (C=O) groups excluding carboxylic acids is 3. The van der Waals surface area contributed by atoms with E-state index in [9.17, 15) is 14.4 Å². The predicted molar refractivity (Wildman–Crippen MR) is 72.6 cm³/mol. The van der Waals surface area contributed by atoms with Gasteiger partial charge in [-0.2, -0.15) is 0 Å². The summed E-state index contributed by atoms with van der Waals surface area (Å²) in [6, 6.07) is 0. The second kappa shape index (κ2) is 8.52. The van der Waals surface area contributed by atoms with Gasteiger partial charge in [-0.15, -0.1) is 0 Å². The molecule has 7 heteroatoms. The van der Waals surface area contributed by atoms with Crippen molar-refractivity contribution in [2.45, 2.75) is 27.7 Å². The maximum absolute atomic E-state index is 12.0. The second-order valence-corrected chi connectivity index (χ2v) is 5.36. The van der Waals surface area contributed by atoms with Gasteiger partial charge < -0.3 is 20.5 Å². The van der Waals surface area contributed by atoms with Gasteiger partial charge in [0.25, 0.3) is 0 Å². The van der Waals surface area contributed by atoms with Crippen LogP contribution in [0.5, 0.6) is 0 Å². The molecule has 0 saturated heterocycles. The Morgan fingerprint density at radius 2 is 1.85 bits per heavy atom. The number of nitrogens with two attached hydrogens (primary N) is 1. The van der Waals surface area contributed by atoms with Gasteiger partial charge in [-0.05, 0) is 12.3 Å². The molecule has 7 nitrogen and oxygen atoms in total. The quantitative estimate of drug-likeness (QED) is 0.366. The van der Waals surface area contributed by atoms with Crippen LogP contribution in [0, 0.1) is 11.3 Å². The molecular weight excluding hydrogens is 264 g/mol. The highest BCUT2D eigenvalue weighted by atomic mass is 16.5. The summed E-state index contributed by atoms with van der Waals surface area (Å²) in [7, 11) is 0. The molecule has 0 aromatic rings. The zero-order valence-corrected chi connectivity index (χ0v) is 12.5. The summed E-state index contributed by atoms with van der Waals surface area (Å²) in [6.45, 7) is 7.42. The van der Waals surface area contributed by atoms with Gasteiger partial charge in [0.1, 0.15) is 12.5 Å². The molecule has 116 valence electrons. The molecule has 0 spiro atoms. The molecule has 0 aliphatic carbocycles. The van der Waals surface area contributed by atoms with Crippen LogP contribution in [0.3, 0.4) is 0 Å². The lowest BCUT2D eigenvalue weighted by Gasteiger charge is -2.27. The maximum Gasteiger partial charge on any atom is 0.319 e. The van der Waals surface area contributed by atoms with E-state index in [0.29, 0.717) is 0 Å². The minimum atomic E-state index is -0.890. The Bertz CT molecular complexity index is 349. The second-order valence-electron chi connectivity index (χ2n) is 5.36. The Balaban J connectivity index is 4.36. The molecule has 20 heavy (non-hydrogen) atoms. The molecule has 1 atom stereocenters.